The van der Waals surface area contributed by atoms with Crippen LogP contribution in [0.25, 0.3) is 0 Å². The molecule has 0 saturated carbocycles. The molecule has 2 aliphatic heterocycles. The van der Waals surface area contributed by atoms with E-state index in [9.17, 15) is 9.59 Å². The molecule has 2 saturated heterocycles. The fraction of sp³-hybridized carbons (Fsp3) is 0.600. The molecule has 2 fully saturated rings. The number of nitrogens with one attached hydrogen (secondary N) is 3. The van der Waals surface area contributed by atoms with E-state index >= 15 is 0 Å². The molecule has 2 aliphatic rings. The molecule has 2 aromatic rings. The largest absolute Gasteiger partial charge is 0.398 e. The van der Waals surface area contributed by atoms with Crippen LogP contribution in [0.2, 0.25) is 0 Å². The number of piperidine rings is 1. The molecule has 11 heteroatoms. The predicted molar refractivity (Wildman–Crippen MR) is 332 cm³/mol. The van der Waals surface area contributed by atoms with Crippen LogP contribution < -0.4 is 27.0 Å². The molecule has 11 nitrogen and oxygen atoms in total. The van der Waals surface area contributed by atoms with Gasteiger partial charge < -0.3 is 36.7 Å². The van der Waals surface area contributed by atoms with E-state index in [1.165, 1.54) is 92.6 Å². The summed E-state index contributed by atoms with van der Waals surface area (Å²) in [4.78, 5) is 38.4. The summed E-state index contributed by atoms with van der Waals surface area (Å²) in [5.74, 6) is 2.45. The smallest absolute Gasteiger partial charge is 0.220 e. The number of amides is 1. The van der Waals surface area contributed by atoms with Gasteiger partial charge in [-0.25, -0.2) is 0 Å². The third-order valence-electron chi connectivity index (χ3n) is 14.0. The predicted octanol–water partition coefficient (Wildman–Crippen LogP) is 13.9. The van der Waals surface area contributed by atoms with Crippen LogP contribution in [0.5, 0.6) is 0 Å². The highest BCUT2D eigenvalue weighted by atomic mass is 16.1. The van der Waals surface area contributed by atoms with Crippen LogP contribution in [0.15, 0.2) is 102 Å². The van der Waals surface area contributed by atoms with Crippen molar-refractivity contribution in [1.29, 1.82) is 5.41 Å². The molecular formula is C65H112N8O3. The number of ketones is 1. The van der Waals surface area contributed by atoms with Gasteiger partial charge in [0.2, 0.25) is 5.91 Å². The van der Waals surface area contributed by atoms with Gasteiger partial charge in [-0.1, -0.05) is 123 Å². The number of rotatable bonds is 22. The summed E-state index contributed by atoms with van der Waals surface area (Å²) in [5.41, 5.74) is 21.1. The van der Waals surface area contributed by atoms with Crippen LogP contribution in [0.3, 0.4) is 0 Å². The summed E-state index contributed by atoms with van der Waals surface area (Å²) >= 11 is 0. The molecule has 76 heavy (non-hydrogen) atoms. The SMILES string of the molecule is C=C(/C=C(\C)C(C)N1CCC(c2ccc(C(C)=O)cc2)CC1)C(/C=C\NC)=C(N)\C=C/C(=N)N.CC.CC1CCNC(=O)CC1.CC=O.CCCC(CCC)CN(CCC)C(C)CC.CCc1ccc(C)c(N(C)C)c1. The minimum absolute atomic E-state index is 0.0518. The number of benzene rings is 2. The number of aryl methyl sites for hydroxylation is 2. The van der Waals surface area contributed by atoms with Crippen molar-refractivity contribution in [1.82, 2.24) is 20.4 Å². The van der Waals surface area contributed by atoms with Gasteiger partial charge in [-0.05, 0) is 189 Å². The number of nitrogens with zero attached hydrogens (tertiary/aromatic N) is 3. The first-order valence-corrected chi connectivity index (χ1v) is 28.9. The first kappa shape index (κ1) is 72.8. The molecular weight excluding hydrogens is 941 g/mol. The number of allylic oxidation sites excluding steroid dienone is 5. The summed E-state index contributed by atoms with van der Waals surface area (Å²) in [6.45, 7) is 39.3. The van der Waals surface area contributed by atoms with E-state index in [1.54, 1.807) is 19.2 Å². The maximum atomic E-state index is 11.5. The van der Waals surface area contributed by atoms with Gasteiger partial charge in [0.05, 0.1) is 0 Å². The van der Waals surface area contributed by atoms with Crippen molar-refractivity contribution in [2.75, 3.05) is 58.8 Å². The molecule has 0 radical (unpaired) electrons. The lowest BCUT2D eigenvalue weighted by atomic mass is 9.87. The Labute approximate surface area is 466 Å². The number of carbonyl (C=O) groups excluding carboxylic acids is 3. The lowest BCUT2D eigenvalue weighted by Crippen LogP contribution is -2.40. The molecule has 3 unspecified atom stereocenters. The van der Waals surface area contributed by atoms with E-state index < -0.39 is 0 Å². The fourth-order valence-electron chi connectivity index (χ4n) is 9.13. The van der Waals surface area contributed by atoms with Gasteiger partial charge in [-0.2, -0.15) is 0 Å². The van der Waals surface area contributed by atoms with Crippen molar-refractivity contribution in [3.63, 3.8) is 0 Å². The standard InChI is InChI=1S/C28H39N5O.C15H33N.C11H17N.C7H13NO.C2H4O.C2H6/c1-19(18-20(2)26(12-15-32-5)27(29)10-11-28(30)31)21(3)33-16-13-25(14-17-33)24-8-6-23(7-9-24)22(4)34;1-6-10-15(11-7-2)13-16(12-8-3)14(5)9-4;1-5-10-7-6-9(2)11(8-10)12(3)4;1-6-2-3-7(9)8-5-4-6;1-2-3;1-2/h6-12,15,18,21,25,32H,2,13-14,16-17,29H2,1,3-5H3,(H3,30,31);14-15H,6-13H2,1-5H3;6-8H,5H2,1-4H3;6H,2-5H2,1H3,(H,8,9);2H,1H3;1-2H3/b11-10-,15-12-,19-18+,27-26+;;;;;. The molecule has 1 amide bonds. The highest BCUT2D eigenvalue weighted by molar-refractivity contribution is 5.94. The van der Waals surface area contributed by atoms with Gasteiger partial charge in [-0.3, -0.25) is 19.9 Å². The second kappa shape index (κ2) is 43.8. The van der Waals surface area contributed by atoms with Crippen molar-refractivity contribution in [3.8, 4) is 0 Å². The molecule has 0 aliphatic carbocycles. The van der Waals surface area contributed by atoms with Crippen molar-refractivity contribution < 1.29 is 14.4 Å². The molecule has 4 rings (SSSR count). The third-order valence-corrected chi connectivity index (χ3v) is 14.0. The van der Waals surface area contributed by atoms with Gasteiger partial charge in [0, 0.05) is 75.3 Å². The van der Waals surface area contributed by atoms with Crippen molar-refractivity contribution in [2.24, 2.45) is 23.3 Å². The Hall–Kier alpha value is -5.26. The van der Waals surface area contributed by atoms with Gasteiger partial charge in [0.25, 0.3) is 0 Å². The summed E-state index contributed by atoms with van der Waals surface area (Å²) in [7, 11) is 5.99. The number of likely N-dealkylation sites (tertiary alicyclic amines) is 1. The van der Waals surface area contributed by atoms with Crippen LogP contribution in [-0.4, -0.2) is 99.6 Å². The van der Waals surface area contributed by atoms with Crippen molar-refractivity contribution in [2.45, 2.75) is 192 Å². The zero-order chi connectivity index (χ0) is 58.2. The molecule has 0 spiro atoms. The van der Waals surface area contributed by atoms with Crippen molar-refractivity contribution >= 4 is 29.5 Å². The second-order valence-electron chi connectivity index (χ2n) is 20.4. The van der Waals surface area contributed by atoms with E-state index in [2.05, 4.69) is 152 Å². The molecule has 2 heterocycles. The van der Waals surface area contributed by atoms with Gasteiger partial charge >= 0.3 is 0 Å². The van der Waals surface area contributed by atoms with Gasteiger partial charge in [0.1, 0.15) is 12.1 Å². The number of aldehydes is 1. The molecule has 0 aromatic heterocycles. The van der Waals surface area contributed by atoms with Gasteiger partial charge in [-0.15, -0.1) is 0 Å². The summed E-state index contributed by atoms with van der Waals surface area (Å²) in [5, 5.41) is 13.2. The Morgan fingerprint density at radius 3 is 2.00 bits per heavy atom. The topological polar surface area (TPSA) is 161 Å². The maximum absolute atomic E-state index is 11.5. The van der Waals surface area contributed by atoms with Crippen molar-refractivity contribution in [3.05, 3.63) is 124 Å². The Balaban J connectivity index is 0. The average Bonchev–Trinajstić information content (AvgIpc) is 3.60. The van der Waals surface area contributed by atoms with Crippen LogP contribution in [-0.2, 0) is 16.0 Å². The highest BCUT2D eigenvalue weighted by Crippen LogP contribution is 2.31. The lowest BCUT2D eigenvalue weighted by Gasteiger charge is -2.37. The second-order valence-corrected chi connectivity index (χ2v) is 20.4. The van der Waals surface area contributed by atoms with E-state index in [0.717, 1.165) is 99.0 Å². The average molecular weight is 1050 g/mol. The Kier molecular flexibility index (Phi) is 42.0. The van der Waals surface area contributed by atoms with Crippen LogP contribution in [0, 0.1) is 24.2 Å². The van der Waals surface area contributed by atoms with E-state index in [0.29, 0.717) is 11.6 Å². The maximum Gasteiger partial charge on any atom is 0.220 e. The van der Waals surface area contributed by atoms with Crippen LogP contribution >= 0.6 is 0 Å². The zero-order valence-corrected chi connectivity index (χ0v) is 51.3. The molecule has 0 bridgehead atoms. The Morgan fingerprint density at radius 2 is 1.51 bits per heavy atom. The fourth-order valence-corrected chi connectivity index (χ4v) is 9.13. The first-order chi connectivity index (χ1) is 36.2. The molecule has 430 valence electrons. The van der Waals surface area contributed by atoms with E-state index in [4.69, 9.17) is 21.7 Å². The molecule has 3 atom stereocenters. The molecule has 2 aromatic carbocycles. The summed E-state index contributed by atoms with van der Waals surface area (Å²) in [6.07, 6.45) is 23.9. The number of hydrogen-bond donors (Lipinski definition) is 5. The monoisotopic (exact) mass is 1050 g/mol. The number of Topliss-reactive ketones (excluding diaryl/α,β-unsaturated/α-hetero) is 1. The minimum Gasteiger partial charge on any atom is -0.398 e. The quantitative estimate of drug-likeness (QED) is 0.0254. The number of anilines is 1. The highest BCUT2D eigenvalue weighted by Gasteiger charge is 2.25. The van der Waals surface area contributed by atoms with Crippen LogP contribution in [0.1, 0.15) is 194 Å². The molecule has 7 N–H and O–H groups in total. The Bertz CT molecular complexity index is 2040. The number of carbonyl (C=O) groups is 3. The lowest BCUT2D eigenvalue weighted by molar-refractivity contribution is -0.120. The number of amidine groups is 1. The third kappa shape index (κ3) is 31.1. The minimum atomic E-state index is -0.0518. The zero-order valence-electron chi connectivity index (χ0n) is 51.3. The number of hydrogen-bond acceptors (Lipinski definition) is 9. The van der Waals surface area contributed by atoms with Crippen LogP contribution in [0.4, 0.5) is 5.69 Å². The summed E-state index contributed by atoms with van der Waals surface area (Å²) in [6, 6.07) is 15.8. The summed E-state index contributed by atoms with van der Waals surface area (Å²) < 4.78 is 0. The Morgan fingerprint density at radius 1 is 0.921 bits per heavy atom. The van der Waals surface area contributed by atoms with E-state index in [1.807, 2.05) is 39.1 Å². The van der Waals surface area contributed by atoms with E-state index in [-0.39, 0.29) is 23.6 Å². The first-order valence-electron chi connectivity index (χ1n) is 28.9. The normalized spacial score (nSPS) is 16.0. The number of nitrogens with two attached hydrogens (primary N) is 2. The van der Waals surface area contributed by atoms with Gasteiger partial charge in [0.15, 0.2) is 5.78 Å².